The number of piperazine rings is 1. The van der Waals surface area contributed by atoms with Crippen LogP contribution >= 0.6 is 11.8 Å². The summed E-state index contributed by atoms with van der Waals surface area (Å²) >= 11 is 1.57. The lowest BCUT2D eigenvalue weighted by Crippen LogP contribution is -2.48. The molecule has 2 aliphatic heterocycles. The maximum atomic E-state index is 12.5. The number of amides is 1. The number of methoxy groups -OCH3 is 1. The molecule has 6 nitrogen and oxygen atoms in total. The van der Waals surface area contributed by atoms with Gasteiger partial charge in [-0.2, -0.15) is 0 Å². The highest BCUT2D eigenvalue weighted by Gasteiger charge is 2.22. The lowest BCUT2D eigenvalue weighted by atomic mass is 10.1. The van der Waals surface area contributed by atoms with E-state index in [0.29, 0.717) is 12.5 Å². The van der Waals surface area contributed by atoms with Gasteiger partial charge in [0, 0.05) is 37.6 Å². The molecule has 0 spiro atoms. The summed E-state index contributed by atoms with van der Waals surface area (Å²) in [6.45, 7) is 4.47. The molecule has 148 valence electrons. The third kappa shape index (κ3) is 4.54. The van der Waals surface area contributed by atoms with E-state index < -0.39 is 0 Å². The van der Waals surface area contributed by atoms with E-state index in [1.165, 1.54) is 5.56 Å². The van der Waals surface area contributed by atoms with E-state index in [-0.39, 0.29) is 5.91 Å². The second kappa shape index (κ2) is 8.75. The summed E-state index contributed by atoms with van der Waals surface area (Å²) in [5.41, 5.74) is 1.21. The Morgan fingerprint density at radius 1 is 1.04 bits per heavy atom. The largest absolute Gasteiger partial charge is 0.497 e. The van der Waals surface area contributed by atoms with Gasteiger partial charge in [0.25, 0.3) is 0 Å². The van der Waals surface area contributed by atoms with Crippen molar-refractivity contribution in [2.75, 3.05) is 45.8 Å². The monoisotopic (exact) mass is 400 g/mol. The molecule has 0 saturated carbocycles. The van der Waals surface area contributed by atoms with Crippen LogP contribution in [0.5, 0.6) is 17.2 Å². The highest BCUT2D eigenvalue weighted by Crippen LogP contribution is 2.32. The Bertz CT molecular complexity index is 820. The fraction of sp³-hybridized carbons (Fsp3) is 0.381. The van der Waals surface area contributed by atoms with E-state index in [1.807, 2.05) is 41.3 Å². The smallest absolute Gasteiger partial charge is 0.233 e. The van der Waals surface area contributed by atoms with E-state index in [0.717, 1.165) is 54.9 Å². The predicted octanol–water partition coefficient (Wildman–Crippen LogP) is 2.86. The van der Waals surface area contributed by atoms with Gasteiger partial charge >= 0.3 is 0 Å². The number of carbonyl (C=O) groups is 1. The first-order valence-electron chi connectivity index (χ1n) is 9.37. The SMILES string of the molecule is COc1ccc(SCC(=O)N2CCN(Cc3ccc4c(c3)OCO4)CC2)cc1. The second-order valence-electron chi connectivity index (χ2n) is 6.81. The van der Waals surface area contributed by atoms with Crippen molar-refractivity contribution in [1.82, 2.24) is 9.80 Å². The van der Waals surface area contributed by atoms with E-state index >= 15 is 0 Å². The van der Waals surface area contributed by atoms with Crippen molar-refractivity contribution in [3.63, 3.8) is 0 Å². The van der Waals surface area contributed by atoms with Crippen molar-refractivity contribution < 1.29 is 19.0 Å². The molecule has 0 N–H and O–H groups in total. The average Bonchev–Trinajstić information content (AvgIpc) is 3.21. The van der Waals surface area contributed by atoms with E-state index in [9.17, 15) is 4.79 Å². The number of benzene rings is 2. The summed E-state index contributed by atoms with van der Waals surface area (Å²) in [4.78, 5) is 17.9. The van der Waals surface area contributed by atoms with Gasteiger partial charge in [-0.3, -0.25) is 9.69 Å². The molecular weight excluding hydrogens is 376 g/mol. The van der Waals surface area contributed by atoms with Crippen LogP contribution in [0, 0.1) is 0 Å². The number of hydrogen-bond donors (Lipinski definition) is 0. The van der Waals surface area contributed by atoms with Crippen LogP contribution in [0.25, 0.3) is 0 Å². The number of thioether (sulfide) groups is 1. The van der Waals surface area contributed by atoms with Crippen LogP contribution in [0.15, 0.2) is 47.4 Å². The fourth-order valence-electron chi connectivity index (χ4n) is 3.36. The van der Waals surface area contributed by atoms with Crippen molar-refractivity contribution in [3.8, 4) is 17.2 Å². The van der Waals surface area contributed by atoms with Crippen LogP contribution in [0.3, 0.4) is 0 Å². The van der Waals surface area contributed by atoms with E-state index in [2.05, 4.69) is 11.0 Å². The molecule has 0 atom stereocenters. The Hall–Kier alpha value is -2.38. The number of carbonyl (C=O) groups excluding carboxylic acids is 1. The molecule has 1 fully saturated rings. The summed E-state index contributed by atoms with van der Waals surface area (Å²) < 4.78 is 16.0. The second-order valence-corrected chi connectivity index (χ2v) is 7.86. The van der Waals surface area contributed by atoms with E-state index in [4.69, 9.17) is 14.2 Å². The van der Waals surface area contributed by atoms with Gasteiger partial charge in [0.1, 0.15) is 5.75 Å². The quantitative estimate of drug-likeness (QED) is 0.695. The zero-order valence-electron chi connectivity index (χ0n) is 15.9. The van der Waals surface area contributed by atoms with Gasteiger partial charge in [-0.25, -0.2) is 0 Å². The van der Waals surface area contributed by atoms with Crippen molar-refractivity contribution in [3.05, 3.63) is 48.0 Å². The molecule has 2 aliphatic rings. The summed E-state index contributed by atoms with van der Waals surface area (Å²) in [6, 6.07) is 13.9. The Morgan fingerprint density at radius 2 is 1.79 bits per heavy atom. The van der Waals surface area contributed by atoms with Crippen LogP contribution in [0.4, 0.5) is 0 Å². The fourth-order valence-corrected chi connectivity index (χ4v) is 4.16. The molecule has 2 aromatic rings. The molecule has 2 heterocycles. The van der Waals surface area contributed by atoms with Crippen LogP contribution in [-0.4, -0.2) is 61.5 Å². The predicted molar refractivity (Wildman–Crippen MR) is 108 cm³/mol. The van der Waals surface area contributed by atoms with Crippen molar-refractivity contribution in [2.24, 2.45) is 0 Å². The Kier molecular flexibility index (Phi) is 5.92. The minimum atomic E-state index is 0.198. The number of hydrogen-bond acceptors (Lipinski definition) is 6. The molecule has 0 radical (unpaired) electrons. The van der Waals surface area contributed by atoms with Crippen LogP contribution in [-0.2, 0) is 11.3 Å². The molecule has 1 amide bonds. The zero-order chi connectivity index (χ0) is 19.3. The lowest BCUT2D eigenvalue weighted by molar-refractivity contribution is -0.130. The molecule has 28 heavy (non-hydrogen) atoms. The maximum Gasteiger partial charge on any atom is 0.233 e. The summed E-state index contributed by atoms with van der Waals surface area (Å²) in [6.07, 6.45) is 0. The van der Waals surface area contributed by atoms with Gasteiger partial charge in [0.05, 0.1) is 12.9 Å². The zero-order valence-corrected chi connectivity index (χ0v) is 16.7. The average molecular weight is 401 g/mol. The van der Waals surface area contributed by atoms with Crippen molar-refractivity contribution in [1.29, 1.82) is 0 Å². The minimum absolute atomic E-state index is 0.198. The van der Waals surface area contributed by atoms with Gasteiger partial charge in [0.2, 0.25) is 12.7 Å². The first-order valence-corrected chi connectivity index (χ1v) is 10.4. The van der Waals surface area contributed by atoms with Gasteiger partial charge < -0.3 is 19.1 Å². The number of nitrogens with zero attached hydrogens (tertiary/aromatic N) is 2. The normalized spacial score (nSPS) is 16.2. The molecule has 2 aromatic carbocycles. The lowest BCUT2D eigenvalue weighted by Gasteiger charge is -2.34. The van der Waals surface area contributed by atoms with Gasteiger partial charge in [-0.1, -0.05) is 6.07 Å². The maximum absolute atomic E-state index is 12.5. The van der Waals surface area contributed by atoms with Crippen molar-refractivity contribution in [2.45, 2.75) is 11.4 Å². The highest BCUT2D eigenvalue weighted by molar-refractivity contribution is 8.00. The Morgan fingerprint density at radius 3 is 2.54 bits per heavy atom. The van der Waals surface area contributed by atoms with Crippen LogP contribution < -0.4 is 14.2 Å². The number of ether oxygens (including phenoxy) is 3. The summed E-state index contributed by atoms with van der Waals surface area (Å²) in [5.74, 6) is 3.13. The van der Waals surface area contributed by atoms with Crippen LogP contribution in [0.1, 0.15) is 5.56 Å². The molecule has 1 saturated heterocycles. The third-order valence-corrected chi connectivity index (χ3v) is 5.99. The molecule has 0 aliphatic carbocycles. The third-order valence-electron chi connectivity index (χ3n) is 4.99. The first kappa shape index (κ1) is 19.0. The number of rotatable bonds is 6. The molecule has 0 bridgehead atoms. The standard InChI is InChI=1S/C21H24N2O4S/c1-25-17-3-5-18(6-4-17)28-14-21(24)23-10-8-22(9-11-23)13-16-2-7-19-20(12-16)27-15-26-19/h2-7,12H,8-11,13-15H2,1H3. The molecule has 4 rings (SSSR count). The Labute approximate surface area is 169 Å². The molecular formula is C21H24N2O4S. The highest BCUT2D eigenvalue weighted by atomic mass is 32.2. The number of fused-ring (bicyclic) bond motifs is 1. The van der Waals surface area contributed by atoms with Gasteiger partial charge in [0.15, 0.2) is 11.5 Å². The topological polar surface area (TPSA) is 51.2 Å². The minimum Gasteiger partial charge on any atom is -0.497 e. The first-order chi connectivity index (χ1) is 13.7. The summed E-state index contributed by atoms with van der Waals surface area (Å²) in [5, 5.41) is 0. The summed E-state index contributed by atoms with van der Waals surface area (Å²) in [7, 11) is 1.65. The molecule has 0 unspecified atom stereocenters. The molecule has 0 aromatic heterocycles. The van der Waals surface area contributed by atoms with E-state index in [1.54, 1.807) is 18.9 Å². The van der Waals surface area contributed by atoms with Crippen LogP contribution in [0.2, 0.25) is 0 Å². The Balaban J connectivity index is 1.22. The van der Waals surface area contributed by atoms with Crippen molar-refractivity contribution >= 4 is 17.7 Å². The van der Waals surface area contributed by atoms with Gasteiger partial charge in [-0.15, -0.1) is 11.8 Å². The van der Waals surface area contributed by atoms with Gasteiger partial charge in [-0.05, 0) is 42.0 Å². The molecule has 7 heteroatoms.